The van der Waals surface area contributed by atoms with Crippen LogP contribution >= 0.6 is 0 Å². The minimum Gasteiger partial charge on any atom is -0.394 e. The Morgan fingerprint density at radius 1 is 1.27 bits per heavy atom. The molecule has 0 unspecified atom stereocenters. The molecule has 0 saturated heterocycles. The molecule has 0 amide bonds. The highest BCUT2D eigenvalue weighted by Gasteiger charge is 2.23. The number of aliphatic hydroxyl groups is 1. The molecule has 1 rings (SSSR count). The van der Waals surface area contributed by atoms with E-state index in [0.717, 1.165) is 38.7 Å². The van der Waals surface area contributed by atoms with Gasteiger partial charge in [0, 0.05) is 12.6 Å². The molecule has 0 aromatic carbocycles. The fourth-order valence-corrected chi connectivity index (χ4v) is 1.87. The lowest BCUT2D eigenvalue weighted by Crippen LogP contribution is -2.43. The van der Waals surface area contributed by atoms with Crippen molar-refractivity contribution in [2.45, 2.75) is 31.7 Å². The summed E-state index contributed by atoms with van der Waals surface area (Å²) in [7, 11) is 0. The van der Waals surface area contributed by atoms with Crippen molar-refractivity contribution in [1.29, 1.82) is 0 Å². The van der Waals surface area contributed by atoms with Crippen LogP contribution in [0.5, 0.6) is 0 Å². The van der Waals surface area contributed by atoms with Gasteiger partial charge < -0.3 is 15.6 Å². The van der Waals surface area contributed by atoms with Crippen LogP contribution in [0.15, 0.2) is 0 Å². The van der Waals surface area contributed by atoms with Gasteiger partial charge in [0.1, 0.15) is 0 Å². The van der Waals surface area contributed by atoms with Gasteiger partial charge >= 0.3 is 0 Å². The zero-order valence-corrected chi connectivity index (χ0v) is 9.53. The lowest BCUT2D eigenvalue weighted by Gasteiger charge is -2.37. The molecule has 1 aliphatic rings. The van der Waals surface area contributed by atoms with Crippen molar-refractivity contribution in [2.24, 2.45) is 5.73 Å². The van der Waals surface area contributed by atoms with E-state index in [2.05, 4.69) is 4.90 Å². The first-order chi connectivity index (χ1) is 7.38. The Morgan fingerprint density at radius 3 is 2.60 bits per heavy atom. The third-order valence-electron chi connectivity index (χ3n) is 3.00. The van der Waals surface area contributed by atoms with Gasteiger partial charge in [0.15, 0.2) is 0 Å². The van der Waals surface area contributed by atoms with Crippen molar-refractivity contribution in [3.05, 3.63) is 0 Å². The molecular formula is C11H24N2O2. The molecule has 0 bridgehead atoms. The highest BCUT2D eigenvalue weighted by atomic mass is 16.5. The second-order valence-electron chi connectivity index (χ2n) is 4.10. The maximum atomic E-state index is 8.58. The summed E-state index contributed by atoms with van der Waals surface area (Å²) in [5.41, 5.74) is 5.52. The van der Waals surface area contributed by atoms with E-state index >= 15 is 0 Å². The topological polar surface area (TPSA) is 58.7 Å². The van der Waals surface area contributed by atoms with Crippen molar-refractivity contribution in [1.82, 2.24) is 4.90 Å². The lowest BCUT2D eigenvalue weighted by molar-refractivity contribution is 0.0482. The minimum atomic E-state index is 0.117. The number of ether oxygens (including phenoxy) is 1. The summed E-state index contributed by atoms with van der Waals surface area (Å²) in [6, 6.07) is 0.759. The van der Waals surface area contributed by atoms with Crippen LogP contribution in [0.3, 0.4) is 0 Å². The summed E-state index contributed by atoms with van der Waals surface area (Å²) < 4.78 is 5.29. The van der Waals surface area contributed by atoms with Crippen LogP contribution in [-0.2, 0) is 4.74 Å². The van der Waals surface area contributed by atoms with Crippen LogP contribution in [0.1, 0.15) is 25.7 Å². The molecule has 0 heterocycles. The molecule has 0 spiro atoms. The van der Waals surface area contributed by atoms with Crippen molar-refractivity contribution in [2.75, 3.05) is 39.5 Å². The molecule has 0 aliphatic heterocycles. The Morgan fingerprint density at radius 2 is 2.07 bits per heavy atom. The van der Waals surface area contributed by atoms with Crippen molar-refractivity contribution < 1.29 is 9.84 Å². The van der Waals surface area contributed by atoms with Crippen LogP contribution in [0, 0.1) is 0 Å². The van der Waals surface area contributed by atoms with E-state index in [4.69, 9.17) is 15.6 Å². The summed E-state index contributed by atoms with van der Waals surface area (Å²) in [5, 5.41) is 8.58. The quantitative estimate of drug-likeness (QED) is 0.541. The first-order valence-corrected chi connectivity index (χ1v) is 6.01. The average Bonchev–Trinajstić information content (AvgIpc) is 2.17. The highest BCUT2D eigenvalue weighted by Crippen LogP contribution is 2.24. The summed E-state index contributed by atoms with van der Waals surface area (Å²) in [5.74, 6) is 0. The van der Waals surface area contributed by atoms with Crippen LogP contribution in [0.25, 0.3) is 0 Å². The lowest BCUT2D eigenvalue weighted by atomic mass is 9.91. The van der Waals surface area contributed by atoms with Crippen LogP contribution in [-0.4, -0.2) is 55.5 Å². The molecule has 0 aromatic heterocycles. The van der Waals surface area contributed by atoms with E-state index in [1.165, 1.54) is 19.3 Å². The highest BCUT2D eigenvalue weighted by molar-refractivity contribution is 4.79. The minimum absolute atomic E-state index is 0.117. The predicted octanol–water partition coefficient (Wildman–Crippen LogP) is 0.199. The molecule has 0 aromatic rings. The summed E-state index contributed by atoms with van der Waals surface area (Å²) in [4.78, 5) is 2.48. The van der Waals surface area contributed by atoms with E-state index in [1.807, 2.05) is 0 Å². The SMILES string of the molecule is NCCCN(CCOCCO)C1CCC1. The molecular weight excluding hydrogens is 192 g/mol. The molecule has 15 heavy (non-hydrogen) atoms. The second-order valence-corrected chi connectivity index (χ2v) is 4.10. The molecule has 3 N–H and O–H groups in total. The normalized spacial score (nSPS) is 17.0. The standard InChI is InChI=1S/C11H24N2O2/c12-5-2-6-13(11-3-1-4-11)7-9-15-10-8-14/h11,14H,1-10,12H2. The second kappa shape index (κ2) is 8.05. The zero-order valence-electron chi connectivity index (χ0n) is 9.53. The van der Waals surface area contributed by atoms with Gasteiger partial charge in [0.25, 0.3) is 0 Å². The first-order valence-electron chi connectivity index (χ1n) is 6.01. The van der Waals surface area contributed by atoms with E-state index < -0.39 is 0 Å². The van der Waals surface area contributed by atoms with Gasteiger partial charge in [-0.1, -0.05) is 6.42 Å². The van der Waals surface area contributed by atoms with Crippen molar-refractivity contribution >= 4 is 0 Å². The van der Waals surface area contributed by atoms with Gasteiger partial charge in [-0.15, -0.1) is 0 Å². The molecule has 4 heteroatoms. The average molecular weight is 216 g/mol. The molecule has 0 radical (unpaired) electrons. The van der Waals surface area contributed by atoms with E-state index in [1.54, 1.807) is 0 Å². The molecule has 1 saturated carbocycles. The van der Waals surface area contributed by atoms with Gasteiger partial charge in [-0.05, 0) is 32.4 Å². The predicted molar refractivity (Wildman–Crippen MR) is 60.8 cm³/mol. The van der Waals surface area contributed by atoms with Crippen molar-refractivity contribution in [3.8, 4) is 0 Å². The Labute approximate surface area is 92.4 Å². The molecule has 90 valence electrons. The summed E-state index contributed by atoms with van der Waals surface area (Å²) >= 11 is 0. The fourth-order valence-electron chi connectivity index (χ4n) is 1.87. The Balaban J connectivity index is 2.10. The van der Waals surface area contributed by atoms with E-state index in [-0.39, 0.29) is 6.61 Å². The van der Waals surface area contributed by atoms with Gasteiger partial charge in [0.05, 0.1) is 19.8 Å². The number of nitrogens with zero attached hydrogens (tertiary/aromatic N) is 1. The number of rotatable bonds is 9. The van der Waals surface area contributed by atoms with Gasteiger partial charge in [0.2, 0.25) is 0 Å². The third kappa shape index (κ3) is 4.93. The van der Waals surface area contributed by atoms with Gasteiger partial charge in [-0.3, -0.25) is 4.90 Å². The van der Waals surface area contributed by atoms with Gasteiger partial charge in [-0.25, -0.2) is 0 Å². The van der Waals surface area contributed by atoms with Crippen molar-refractivity contribution in [3.63, 3.8) is 0 Å². The van der Waals surface area contributed by atoms with Gasteiger partial charge in [-0.2, -0.15) is 0 Å². The Kier molecular flexibility index (Phi) is 6.92. The smallest absolute Gasteiger partial charge is 0.0698 e. The number of nitrogens with two attached hydrogens (primary N) is 1. The fraction of sp³-hybridized carbons (Fsp3) is 1.00. The van der Waals surface area contributed by atoms with Crippen LogP contribution in [0.4, 0.5) is 0 Å². The number of aliphatic hydroxyl groups excluding tert-OH is 1. The Bertz CT molecular complexity index is 152. The van der Waals surface area contributed by atoms with Crippen LogP contribution in [0.2, 0.25) is 0 Å². The van der Waals surface area contributed by atoms with E-state index in [0.29, 0.717) is 6.61 Å². The summed E-state index contributed by atoms with van der Waals surface area (Å²) in [6.07, 6.45) is 5.08. The summed E-state index contributed by atoms with van der Waals surface area (Å²) in [6.45, 7) is 4.12. The molecule has 1 fully saturated rings. The molecule has 4 nitrogen and oxygen atoms in total. The molecule has 0 atom stereocenters. The zero-order chi connectivity index (χ0) is 10.9. The largest absolute Gasteiger partial charge is 0.394 e. The maximum absolute atomic E-state index is 8.58. The third-order valence-corrected chi connectivity index (χ3v) is 3.00. The molecule has 1 aliphatic carbocycles. The number of hydrogen-bond donors (Lipinski definition) is 2. The number of hydrogen-bond acceptors (Lipinski definition) is 4. The maximum Gasteiger partial charge on any atom is 0.0698 e. The first kappa shape index (κ1) is 12.9. The monoisotopic (exact) mass is 216 g/mol. The Hall–Kier alpha value is -0.160. The van der Waals surface area contributed by atoms with Crippen LogP contribution < -0.4 is 5.73 Å². The van der Waals surface area contributed by atoms with E-state index in [9.17, 15) is 0 Å².